The number of benzene rings is 1. The summed E-state index contributed by atoms with van der Waals surface area (Å²) in [5.74, 6) is -1.37. The van der Waals surface area contributed by atoms with Gasteiger partial charge in [-0.2, -0.15) is 4.31 Å². The normalized spacial score (nSPS) is 18.2. The molecule has 2 aliphatic carbocycles. The number of thiophene rings is 1. The lowest BCUT2D eigenvalue weighted by atomic mass is 9.91. The number of sulfonamides is 1. The quantitative estimate of drug-likeness (QED) is 0.413. The third-order valence-electron chi connectivity index (χ3n) is 8.75. The largest absolute Gasteiger partial charge is 0.351 e. The second-order valence-corrected chi connectivity index (χ2v) is 14.6. The number of fused-ring (bicyclic) bond motifs is 1. The van der Waals surface area contributed by atoms with Crippen molar-refractivity contribution < 1.29 is 27.6 Å². The van der Waals surface area contributed by atoms with Crippen LogP contribution >= 0.6 is 11.3 Å². The van der Waals surface area contributed by atoms with Crippen molar-refractivity contribution in [1.82, 2.24) is 14.5 Å². The van der Waals surface area contributed by atoms with Crippen LogP contribution in [0.15, 0.2) is 29.2 Å². The van der Waals surface area contributed by atoms with Crippen molar-refractivity contribution in [3.05, 3.63) is 45.8 Å². The number of urea groups is 1. The predicted octanol–water partition coefficient (Wildman–Crippen LogP) is 4.37. The Morgan fingerprint density at radius 1 is 0.907 bits per heavy atom. The van der Waals surface area contributed by atoms with E-state index in [4.69, 9.17) is 5.73 Å². The van der Waals surface area contributed by atoms with Crippen molar-refractivity contribution in [1.29, 1.82) is 0 Å². The van der Waals surface area contributed by atoms with Gasteiger partial charge in [0.05, 0.1) is 17.0 Å². The lowest BCUT2D eigenvalue weighted by molar-refractivity contribution is -0.129. The van der Waals surface area contributed by atoms with Crippen LogP contribution in [0.1, 0.15) is 102 Å². The van der Waals surface area contributed by atoms with Crippen LogP contribution in [-0.4, -0.2) is 60.0 Å². The first-order valence-electron chi connectivity index (χ1n) is 15.0. The second-order valence-electron chi connectivity index (χ2n) is 11.6. The van der Waals surface area contributed by atoms with Crippen LogP contribution in [0.2, 0.25) is 0 Å². The van der Waals surface area contributed by atoms with Gasteiger partial charge in [0.25, 0.3) is 11.8 Å². The van der Waals surface area contributed by atoms with E-state index in [9.17, 15) is 27.6 Å². The zero-order valence-corrected chi connectivity index (χ0v) is 26.0. The molecule has 1 aliphatic heterocycles. The number of amides is 5. The number of hydrogen-bond donors (Lipinski definition) is 3. The molecule has 4 N–H and O–H groups in total. The van der Waals surface area contributed by atoms with Gasteiger partial charge in [0.2, 0.25) is 15.9 Å². The molecule has 43 heavy (non-hydrogen) atoms. The zero-order valence-electron chi connectivity index (χ0n) is 24.4. The van der Waals surface area contributed by atoms with E-state index in [-0.39, 0.29) is 45.6 Å². The monoisotopic (exact) mass is 629 g/mol. The van der Waals surface area contributed by atoms with Crippen LogP contribution in [0, 0.1) is 0 Å². The van der Waals surface area contributed by atoms with Gasteiger partial charge >= 0.3 is 6.03 Å². The summed E-state index contributed by atoms with van der Waals surface area (Å²) in [6.07, 6.45) is 10.2. The Labute approximate surface area is 256 Å². The van der Waals surface area contributed by atoms with Gasteiger partial charge in [-0.3, -0.25) is 19.7 Å². The van der Waals surface area contributed by atoms with E-state index < -0.39 is 27.9 Å². The van der Waals surface area contributed by atoms with Crippen LogP contribution in [0.3, 0.4) is 0 Å². The molecule has 0 bridgehead atoms. The van der Waals surface area contributed by atoms with Crippen LogP contribution in [-0.2, 0) is 27.8 Å². The average Bonchev–Trinajstić information content (AvgIpc) is 3.35. The maximum absolute atomic E-state index is 14.0. The second kappa shape index (κ2) is 13.1. The number of carbonyl (C=O) groups excluding carboxylic acids is 4. The number of nitrogens with one attached hydrogen (secondary N) is 2. The van der Waals surface area contributed by atoms with Crippen LogP contribution in [0.25, 0.3) is 0 Å². The molecule has 5 rings (SSSR count). The molecule has 2 saturated carbocycles. The number of primary amides is 1. The molecular formula is C30H39N5O6S2. The summed E-state index contributed by atoms with van der Waals surface area (Å²) in [4.78, 5) is 52.2. The van der Waals surface area contributed by atoms with Gasteiger partial charge in [-0.25, -0.2) is 13.2 Å². The van der Waals surface area contributed by atoms with E-state index in [1.165, 1.54) is 31.2 Å². The number of anilines is 1. The van der Waals surface area contributed by atoms with Gasteiger partial charge in [0.15, 0.2) is 0 Å². The average molecular weight is 630 g/mol. The summed E-state index contributed by atoms with van der Waals surface area (Å²) in [6, 6.07) is 4.90. The Morgan fingerprint density at radius 2 is 1.49 bits per heavy atom. The third-order valence-corrected chi connectivity index (χ3v) is 11.9. The highest BCUT2D eigenvalue weighted by Crippen LogP contribution is 2.38. The first-order chi connectivity index (χ1) is 20.6. The fraction of sp³-hybridized carbons (Fsp3) is 0.533. The fourth-order valence-electron chi connectivity index (χ4n) is 6.61. The molecule has 232 valence electrons. The number of imide groups is 1. The van der Waals surface area contributed by atoms with Gasteiger partial charge in [0.1, 0.15) is 5.00 Å². The van der Waals surface area contributed by atoms with Crippen molar-refractivity contribution in [3.8, 4) is 0 Å². The molecule has 0 saturated heterocycles. The number of rotatable bonds is 7. The van der Waals surface area contributed by atoms with E-state index in [0.29, 0.717) is 18.5 Å². The first-order valence-corrected chi connectivity index (χ1v) is 17.3. The summed E-state index contributed by atoms with van der Waals surface area (Å²) in [6.45, 7) is 2.15. The van der Waals surface area contributed by atoms with Crippen LogP contribution in [0.5, 0.6) is 0 Å². The van der Waals surface area contributed by atoms with Crippen molar-refractivity contribution >= 4 is 50.1 Å². The molecule has 0 atom stereocenters. The Hall–Kier alpha value is -3.29. The van der Waals surface area contributed by atoms with Gasteiger partial charge in [-0.05, 0) is 61.9 Å². The lowest BCUT2D eigenvalue weighted by Gasteiger charge is -2.40. The van der Waals surface area contributed by atoms with Crippen molar-refractivity contribution in [2.75, 3.05) is 11.9 Å². The van der Waals surface area contributed by atoms with Crippen molar-refractivity contribution in [3.63, 3.8) is 0 Å². The standard InChI is InChI=1S/C30H39N5O6S2/c1-19(36)34-17-16-24-25(18-34)42-29(26(24)28(38)33-30(31)39)32-27(37)20-12-14-23(15-13-20)43(40,41)35(21-8-4-2-5-9-21)22-10-6-3-7-11-22/h12-15,21-22H,2-11,16-18H2,1H3,(H,32,37)(H3,31,33,38,39). The number of hydrogen-bond acceptors (Lipinski definition) is 7. The molecule has 3 aliphatic rings. The van der Waals surface area contributed by atoms with Gasteiger partial charge in [0, 0.05) is 36.0 Å². The molecule has 1 aromatic carbocycles. The number of carbonyl (C=O) groups is 4. The third kappa shape index (κ3) is 6.78. The molecule has 0 radical (unpaired) electrons. The molecule has 2 fully saturated rings. The molecule has 13 heteroatoms. The minimum Gasteiger partial charge on any atom is -0.351 e. The molecule has 1 aromatic heterocycles. The summed E-state index contributed by atoms with van der Waals surface area (Å²) >= 11 is 1.16. The fourth-order valence-corrected chi connectivity index (χ4v) is 9.80. The SMILES string of the molecule is CC(=O)N1CCc2c(sc(NC(=O)c3ccc(S(=O)(=O)N(C4CCCCC4)C4CCCCC4)cc3)c2C(=O)NC(N)=O)C1. The Kier molecular flexibility index (Phi) is 9.52. The maximum Gasteiger partial charge on any atom is 0.319 e. The lowest BCUT2D eigenvalue weighted by Crippen LogP contribution is -2.48. The first kappa shape index (κ1) is 31.1. The molecule has 0 unspecified atom stereocenters. The molecule has 2 heterocycles. The van der Waals surface area contributed by atoms with E-state index in [0.717, 1.165) is 80.4 Å². The Morgan fingerprint density at radius 3 is 2.02 bits per heavy atom. The number of nitrogens with two attached hydrogens (primary N) is 1. The highest BCUT2D eigenvalue weighted by molar-refractivity contribution is 7.89. The van der Waals surface area contributed by atoms with Crippen molar-refractivity contribution in [2.45, 2.75) is 101 Å². The highest BCUT2D eigenvalue weighted by atomic mass is 32.2. The molecule has 0 spiro atoms. The molecular weight excluding hydrogens is 590 g/mol. The van der Waals surface area contributed by atoms with E-state index >= 15 is 0 Å². The van der Waals surface area contributed by atoms with Gasteiger partial charge in [-0.15, -0.1) is 11.3 Å². The highest BCUT2D eigenvalue weighted by Gasteiger charge is 2.38. The summed E-state index contributed by atoms with van der Waals surface area (Å²) in [5.41, 5.74) is 6.21. The smallest absolute Gasteiger partial charge is 0.319 e. The van der Waals surface area contributed by atoms with Crippen LogP contribution in [0.4, 0.5) is 9.80 Å². The van der Waals surface area contributed by atoms with Gasteiger partial charge in [-0.1, -0.05) is 38.5 Å². The summed E-state index contributed by atoms with van der Waals surface area (Å²) < 4.78 is 29.8. The Bertz CT molecular complexity index is 1470. The van der Waals surface area contributed by atoms with Crippen molar-refractivity contribution in [2.24, 2.45) is 5.73 Å². The minimum atomic E-state index is -3.77. The minimum absolute atomic E-state index is 0.00131. The zero-order chi connectivity index (χ0) is 30.7. The van der Waals surface area contributed by atoms with E-state index in [1.807, 2.05) is 0 Å². The summed E-state index contributed by atoms with van der Waals surface area (Å²) in [7, 11) is -3.77. The van der Waals surface area contributed by atoms with E-state index in [1.54, 1.807) is 9.21 Å². The van der Waals surface area contributed by atoms with Crippen LogP contribution < -0.4 is 16.4 Å². The topological polar surface area (TPSA) is 159 Å². The Balaban J connectivity index is 1.39. The number of nitrogens with zero attached hydrogens (tertiary/aromatic N) is 2. The predicted molar refractivity (Wildman–Crippen MR) is 163 cm³/mol. The van der Waals surface area contributed by atoms with Gasteiger partial charge < -0.3 is 16.0 Å². The molecule has 2 aromatic rings. The van der Waals surface area contributed by atoms with E-state index in [2.05, 4.69) is 10.6 Å². The maximum atomic E-state index is 14.0. The molecule has 11 nitrogen and oxygen atoms in total. The summed E-state index contributed by atoms with van der Waals surface area (Å²) in [5, 5.41) is 5.08. The molecule has 5 amide bonds.